The highest BCUT2D eigenvalue weighted by atomic mass is 16.7. The number of ether oxygens (including phenoxy) is 2. The van der Waals surface area contributed by atoms with Crippen LogP contribution < -0.4 is 5.73 Å². The first-order valence-electron chi connectivity index (χ1n) is 11.4. The summed E-state index contributed by atoms with van der Waals surface area (Å²) in [6, 6.07) is 10.2. The van der Waals surface area contributed by atoms with Gasteiger partial charge in [0, 0.05) is 30.4 Å². The monoisotopic (exact) mass is 464 g/mol. The maximum atomic E-state index is 13.5. The van der Waals surface area contributed by atoms with Gasteiger partial charge in [-0.3, -0.25) is 9.59 Å². The van der Waals surface area contributed by atoms with E-state index in [0.717, 1.165) is 17.6 Å². The number of aromatic nitrogens is 1. The van der Waals surface area contributed by atoms with Crippen molar-refractivity contribution in [2.75, 3.05) is 18.9 Å². The number of Topliss-reactive ketones (excluding diaryl/α,β-unsaturated/α-hetero) is 2. The Bertz CT molecular complexity index is 1160. The van der Waals surface area contributed by atoms with E-state index >= 15 is 0 Å². The van der Waals surface area contributed by atoms with E-state index in [1.807, 2.05) is 25.1 Å². The molecule has 0 spiro atoms. The number of unbranched alkanes of at least 4 members (excludes halogenated alkanes) is 1. The lowest BCUT2D eigenvalue weighted by molar-refractivity contribution is -0.148. The van der Waals surface area contributed by atoms with E-state index in [1.54, 1.807) is 24.4 Å². The Morgan fingerprint density at radius 1 is 1.18 bits per heavy atom. The molecule has 1 aliphatic heterocycles. The number of pyridine rings is 1. The summed E-state index contributed by atoms with van der Waals surface area (Å²) in [5, 5.41) is 8.94. The molecule has 2 heterocycles. The number of aliphatic hydroxyl groups excluding tert-OH is 1. The van der Waals surface area contributed by atoms with Crippen molar-refractivity contribution in [2.45, 2.75) is 50.2 Å². The van der Waals surface area contributed by atoms with Gasteiger partial charge in [0.15, 0.2) is 11.4 Å². The molecule has 1 aliphatic carbocycles. The third-order valence-electron chi connectivity index (χ3n) is 6.42. The third kappa shape index (κ3) is 4.03. The second kappa shape index (κ2) is 9.48. The summed E-state index contributed by atoms with van der Waals surface area (Å²) in [7, 11) is 0. The summed E-state index contributed by atoms with van der Waals surface area (Å²) in [5.74, 6) is -1.33. The fourth-order valence-electron chi connectivity index (χ4n) is 4.43. The third-order valence-corrected chi connectivity index (χ3v) is 6.42. The van der Waals surface area contributed by atoms with E-state index in [4.69, 9.17) is 20.3 Å². The number of ketones is 2. The zero-order chi connectivity index (χ0) is 24.3. The lowest BCUT2D eigenvalue weighted by atomic mass is 9.72. The van der Waals surface area contributed by atoms with Crippen LogP contribution >= 0.6 is 0 Å². The van der Waals surface area contributed by atoms with Gasteiger partial charge < -0.3 is 20.3 Å². The maximum Gasteiger partial charge on any atom is 0.350 e. The summed E-state index contributed by atoms with van der Waals surface area (Å²) in [6.07, 6.45) is 5.94. The number of nitrogens with zero attached hydrogens (tertiary/aromatic N) is 1. The van der Waals surface area contributed by atoms with Crippen molar-refractivity contribution in [3.05, 3.63) is 70.9 Å². The van der Waals surface area contributed by atoms with E-state index in [-0.39, 0.29) is 36.5 Å². The zero-order valence-corrected chi connectivity index (χ0v) is 19.1. The SMILES string of the molecule is CC(=CCC12OC1(C(=O)OCCCCO)C(=O)c1ccccc1C2=O)CCc1ccnc(N)c1. The van der Waals surface area contributed by atoms with Crippen molar-refractivity contribution < 1.29 is 29.0 Å². The molecule has 1 fully saturated rings. The molecule has 0 radical (unpaired) electrons. The summed E-state index contributed by atoms with van der Waals surface area (Å²) >= 11 is 0. The predicted molar refractivity (Wildman–Crippen MR) is 124 cm³/mol. The summed E-state index contributed by atoms with van der Waals surface area (Å²) in [4.78, 5) is 43.9. The normalized spacial score (nSPS) is 23.3. The molecule has 2 atom stereocenters. The number of carbonyl (C=O) groups excluding carboxylic acids is 3. The van der Waals surface area contributed by atoms with Crippen LogP contribution in [0.1, 0.15) is 58.9 Å². The van der Waals surface area contributed by atoms with Crippen molar-refractivity contribution >= 4 is 23.4 Å². The molecule has 4 rings (SSSR count). The molecular formula is C26H28N2O6. The number of nitrogen functional groups attached to an aromatic ring is 1. The number of hydrogen-bond donors (Lipinski definition) is 2. The molecular weight excluding hydrogens is 436 g/mol. The van der Waals surface area contributed by atoms with Gasteiger partial charge in [-0.05, 0) is 50.3 Å². The fourth-order valence-corrected chi connectivity index (χ4v) is 4.43. The Kier molecular flexibility index (Phi) is 6.63. The molecule has 1 saturated heterocycles. The number of rotatable bonds is 10. The van der Waals surface area contributed by atoms with Crippen molar-refractivity contribution in [1.29, 1.82) is 0 Å². The number of hydrogen-bond acceptors (Lipinski definition) is 8. The van der Waals surface area contributed by atoms with Crippen LogP contribution in [0.15, 0.2) is 54.2 Å². The molecule has 178 valence electrons. The molecule has 0 saturated carbocycles. The Hall–Kier alpha value is -3.36. The lowest BCUT2D eigenvalue weighted by Gasteiger charge is -2.23. The Balaban J connectivity index is 1.56. The minimum atomic E-state index is -1.96. The van der Waals surface area contributed by atoms with Crippen LogP contribution in [0.4, 0.5) is 5.82 Å². The van der Waals surface area contributed by atoms with Crippen LogP contribution in [0.2, 0.25) is 0 Å². The molecule has 2 unspecified atom stereocenters. The maximum absolute atomic E-state index is 13.5. The minimum Gasteiger partial charge on any atom is -0.463 e. The quantitative estimate of drug-likeness (QED) is 0.180. The van der Waals surface area contributed by atoms with Crippen LogP contribution in [0.25, 0.3) is 0 Å². The van der Waals surface area contributed by atoms with Crippen LogP contribution in [0, 0.1) is 0 Å². The predicted octanol–water partition coefficient (Wildman–Crippen LogP) is 2.84. The van der Waals surface area contributed by atoms with Gasteiger partial charge in [0.05, 0.1) is 6.61 Å². The van der Waals surface area contributed by atoms with Crippen molar-refractivity contribution in [3.8, 4) is 0 Å². The van der Waals surface area contributed by atoms with E-state index in [9.17, 15) is 14.4 Å². The number of fused-ring (bicyclic) bond motifs is 2. The van der Waals surface area contributed by atoms with E-state index in [2.05, 4.69) is 4.98 Å². The van der Waals surface area contributed by atoms with Crippen molar-refractivity contribution in [2.24, 2.45) is 0 Å². The molecule has 1 aromatic heterocycles. The van der Waals surface area contributed by atoms with Gasteiger partial charge >= 0.3 is 5.97 Å². The second-order valence-electron chi connectivity index (χ2n) is 8.72. The van der Waals surface area contributed by atoms with Gasteiger partial charge in [-0.2, -0.15) is 0 Å². The highest BCUT2D eigenvalue weighted by Crippen LogP contribution is 2.58. The molecule has 8 heteroatoms. The van der Waals surface area contributed by atoms with Gasteiger partial charge in [-0.25, -0.2) is 9.78 Å². The number of aliphatic hydroxyl groups is 1. The van der Waals surface area contributed by atoms with E-state index in [0.29, 0.717) is 25.1 Å². The first-order valence-corrected chi connectivity index (χ1v) is 11.4. The molecule has 2 aromatic rings. The average molecular weight is 465 g/mol. The number of aryl methyl sites for hydroxylation is 1. The number of esters is 1. The number of carbonyl (C=O) groups is 3. The molecule has 8 nitrogen and oxygen atoms in total. The molecule has 34 heavy (non-hydrogen) atoms. The Morgan fingerprint density at radius 2 is 1.91 bits per heavy atom. The smallest absolute Gasteiger partial charge is 0.350 e. The molecule has 1 aromatic carbocycles. The van der Waals surface area contributed by atoms with Crippen LogP contribution in [-0.2, 0) is 20.7 Å². The minimum absolute atomic E-state index is 0.0237. The summed E-state index contributed by atoms with van der Waals surface area (Å²) in [5.41, 5.74) is 4.63. The highest BCUT2D eigenvalue weighted by molar-refractivity contribution is 6.32. The van der Waals surface area contributed by atoms with Crippen molar-refractivity contribution in [1.82, 2.24) is 4.98 Å². The van der Waals surface area contributed by atoms with Crippen LogP contribution in [-0.4, -0.2) is 52.0 Å². The lowest BCUT2D eigenvalue weighted by Crippen LogP contribution is -2.50. The highest BCUT2D eigenvalue weighted by Gasteiger charge is 2.85. The zero-order valence-electron chi connectivity index (χ0n) is 19.1. The molecule has 3 N–H and O–H groups in total. The molecule has 0 bridgehead atoms. The van der Waals surface area contributed by atoms with Crippen LogP contribution in [0.3, 0.4) is 0 Å². The number of nitrogens with two attached hydrogens (primary N) is 1. The largest absolute Gasteiger partial charge is 0.463 e. The Labute approximate surface area is 197 Å². The van der Waals surface area contributed by atoms with Crippen LogP contribution in [0.5, 0.6) is 0 Å². The second-order valence-corrected chi connectivity index (χ2v) is 8.72. The van der Waals surface area contributed by atoms with E-state index < -0.39 is 23.0 Å². The summed E-state index contributed by atoms with van der Waals surface area (Å²) < 4.78 is 11.1. The van der Waals surface area contributed by atoms with Crippen molar-refractivity contribution in [3.63, 3.8) is 0 Å². The number of epoxide rings is 1. The summed E-state index contributed by atoms with van der Waals surface area (Å²) in [6.45, 7) is 1.94. The molecule has 0 amide bonds. The van der Waals surface area contributed by atoms with E-state index in [1.165, 1.54) is 6.07 Å². The Morgan fingerprint density at radius 3 is 2.62 bits per heavy atom. The number of anilines is 1. The van der Waals surface area contributed by atoms with Gasteiger partial charge in [-0.1, -0.05) is 35.9 Å². The average Bonchev–Trinajstić information content (AvgIpc) is 3.55. The molecule has 2 aliphatic rings. The fraction of sp³-hybridized carbons (Fsp3) is 0.385. The standard InChI is InChI=1S/C26H28N2O6/c1-17(8-9-18-11-13-28-21(27)16-18)10-12-25-22(30)19-6-2-3-7-20(19)23(31)26(25,34-25)24(32)33-15-5-4-14-29/h2-3,6-7,10-11,13,16,29H,4-5,8-9,12,14-15H2,1H3,(H2,27,28). The topological polar surface area (TPSA) is 132 Å². The van der Waals surface area contributed by atoms with Gasteiger partial charge in [0.25, 0.3) is 5.60 Å². The first kappa shape index (κ1) is 23.8. The van der Waals surface area contributed by atoms with Gasteiger partial charge in [0.2, 0.25) is 5.78 Å². The first-order chi connectivity index (χ1) is 16.4. The number of allylic oxidation sites excluding steroid dienone is 1. The number of benzene rings is 1. The van der Waals surface area contributed by atoms with Gasteiger partial charge in [-0.15, -0.1) is 0 Å². The van der Waals surface area contributed by atoms with Gasteiger partial charge in [0.1, 0.15) is 5.82 Å².